The summed E-state index contributed by atoms with van der Waals surface area (Å²) in [5.41, 5.74) is 1.59. The van der Waals surface area contributed by atoms with Crippen LogP contribution in [0.4, 0.5) is 8.78 Å². The van der Waals surface area contributed by atoms with Crippen LogP contribution in [-0.4, -0.2) is 33.5 Å². The molecule has 3 atom stereocenters. The fourth-order valence-corrected chi connectivity index (χ4v) is 2.82. The molecule has 1 aromatic carbocycles. The second-order valence-electron chi connectivity index (χ2n) is 6.45. The third-order valence-electron chi connectivity index (χ3n) is 4.50. The molecule has 2 aliphatic rings. The summed E-state index contributed by atoms with van der Waals surface area (Å²) in [6.07, 6.45) is 3.17. The Kier molecular flexibility index (Phi) is 3.33. The lowest BCUT2D eigenvalue weighted by atomic mass is 10.2. The summed E-state index contributed by atoms with van der Waals surface area (Å²) in [6.45, 7) is 0. The summed E-state index contributed by atoms with van der Waals surface area (Å²) in [7, 11) is 1.93. The minimum Gasteiger partial charge on any atom is -0.484 e. The number of halogens is 2. The Balaban J connectivity index is 1.33. The molecule has 1 heterocycles. The van der Waals surface area contributed by atoms with Gasteiger partial charge in [0.05, 0.1) is 12.7 Å². The Morgan fingerprint density at radius 1 is 1.38 bits per heavy atom. The van der Waals surface area contributed by atoms with E-state index in [9.17, 15) is 13.6 Å². The summed E-state index contributed by atoms with van der Waals surface area (Å²) < 4.78 is 32.8. The fraction of sp³-hybridized carbons (Fsp3) is 0.412. The van der Waals surface area contributed by atoms with Gasteiger partial charge in [0.15, 0.2) is 6.10 Å². The molecule has 0 bridgehead atoms. The highest BCUT2D eigenvalue weighted by Gasteiger charge is 2.59. The van der Waals surface area contributed by atoms with E-state index in [2.05, 4.69) is 10.3 Å². The topological polar surface area (TPSA) is 56.2 Å². The van der Waals surface area contributed by atoms with Gasteiger partial charge in [0.25, 0.3) is 11.8 Å². The van der Waals surface area contributed by atoms with Crippen molar-refractivity contribution in [3.8, 4) is 5.75 Å². The first-order chi connectivity index (χ1) is 11.4. The molecule has 1 aromatic heterocycles. The van der Waals surface area contributed by atoms with Crippen molar-refractivity contribution in [1.29, 1.82) is 0 Å². The van der Waals surface area contributed by atoms with E-state index in [0.717, 1.165) is 12.1 Å². The first kappa shape index (κ1) is 15.1. The SMILES string of the molecule is Cn1cncc1[C@@H]1C[C@H]1NC(=O)c1ccc(OC2CC2(F)F)cc1. The predicted octanol–water partition coefficient (Wildman–Crippen LogP) is 2.49. The average Bonchev–Trinajstić information content (AvgIpc) is 3.37. The highest BCUT2D eigenvalue weighted by Crippen LogP contribution is 2.44. The van der Waals surface area contributed by atoms with Crippen LogP contribution in [0.25, 0.3) is 0 Å². The number of benzene rings is 1. The lowest BCUT2D eigenvalue weighted by Gasteiger charge is -2.08. The summed E-state index contributed by atoms with van der Waals surface area (Å²) in [5.74, 6) is -2.25. The van der Waals surface area contributed by atoms with E-state index < -0.39 is 12.0 Å². The monoisotopic (exact) mass is 333 g/mol. The van der Waals surface area contributed by atoms with Crippen molar-refractivity contribution in [2.24, 2.45) is 7.05 Å². The van der Waals surface area contributed by atoms with Crippen molar-refractivity contribution in [3.63, 3.8) is 0 Å². The molecule has 2 aromatic rings. The van der Waals surface area contributed by atoms with Crippen molar-refractivity contribution in [2.75, 3.05) is 0 Å². The Bertz CT molecular complexity index is 772. The smallest absolute Gasteiger partial charge is 0.288 e. The molecule has 2 saturated carbocycles. The van der Waals surface area contributed by atoms with E-state index in [1.165, 1.54) is 0 Å². The van der Waals surface area contributed by atoms with Gasteiger partial charge in [-0.05, 0) is 30.7 Å². The van der Waals surface area contributed by atoms with Gasteiger partial charge in [0.2, 0.25) is 0 Å². The number of carbonyl (C=O) groups excluding carboxylic acids is 1. The summed E-state index contributed by atoms with van der Waals surface area (Å²) in [6, 6.07) is 6.39. The Morgan fingerprint density at radius 3 is 2.67 bits per heavy atom. The third kappa shape index (κ3) is 2.86. The molecule has 0 aliphatic heterocycles. The molecule has 1 N–H and O–H groups in total. The van der Waals surface area contributed by atoms with Crippen LogP contribution in [0, 0.1) is 0 Å². The van der Waals surface area contributed by atoms with Crippen LogP contribution in [-0.2, 0) is 7.05 Å². The molecule has 2 aliphatic carbocycles. The van der Waals surface area contributed by atoms with Gasteiger partial charge in [-0.25, -0.2) is 13.8 Å². The largest absolute Gasteiger partial charge is 0.484 e. The molecular weight excluding hydrogens is 316 g/mol. The van der Waals surface area contributed by atoms with E-state index in [0.29, 0.717) is 17.2 Å². The molecule has 5 nitrogen and oxygen atoms in total. The van der Waals surface area contributed by atoms with Gasteiger partial charge in [0, 0.05) is 36.5 Å². The van der Waals surface area contributed by atoms with Crippen LogP contribution < -0.4 is 10.1 Å². The number of aryl methyl sites for hydroxylation is 1. The first-order valence-corrected chi connectivity index (χ1v) is 7.86. The molecule has 0 saturated heterocycles. The second kappa shape index (κ2) is 5.29. The first-order valence-electron chi connectivity index (χ1n) is 7.86. The summed E-state index contributed by atoms with van der Waals surface area (Å²) in [5, 5.41) is 2.98. The molecular formula is C17H17F2N3O2. The molecule has 1 unspecified atom stereocenters. The number of hydrogen-bond donors (Lipinski definition) is 1. The van der Waals surface area contributed by atoms with Crippen molar-refractivity contribution in [2.45, 2.75) is 36.8 Å². The van der Waals surface area contributed by atoms with Crippen LogP contribution in [0.3, 0.4) is 0 Å². The molecule has 24 heavy (non-hydrogen) atoms. The summed E-state index contributed by atoms with van der Waals surface area (Å²) >= 11 is 0. The minimum atomic E-state index is -2.72. The van der Waals surface area contributed by atoms with Crippen LogP contribution in [0.5, 0.6) is 5.75 Å². The highest BCUT2D eigenvalue weighted by molar-refractivity contribution is 5.94. The van der Waals surface area contributed by atoms with Crippen LogP contribution in [0.1, 0.15) is 34.8 Å². The van der Waals surface area contributed by atoms with E-state index in [1.807, 2.05) is 17.8 Å². The van der Waals surface area contributed by atoms with E-state index in [-0.39, 0.29) is 18.4 Å². The maximum absolute atomic E-state index is 12.8. The molecule has 7 heteroatoms. The van der Waals surface area contributed by atoms with Gasteiger partial charge >= 0.3 is 0 Å². The van der Waals surface area contributed by atoms with Crippen molar-refractivity contribution in [3.05, 3.63) is 48.0 Å². The number of rotatable bonds is 5. The minimum absolute atomic E-state index is 0.106. The number of nitrogens with zero attached hydrogens (tertiary/aromatic N) is 2. The number of hydrogen-bond acceptors (Lipinski definition) is 3. The van der Waals surface area contributed by atoms with Crippen molar-refractivity contribution >= 4 is 5.91 Å². The number of aromatic nitrogens is 2. The lowest BCUT2D eigenvalue weighted by Crippen LogP contribution is -2.26. The van der Waals surface area contributed by atoms with Crippen LogP contribution in [0.15, 0.2) is 36.8 Å². The van der Waals surface area contributed by atoms with Crippen molar-refractivity contribution in [1.82, 2.24) is 14.9 Å². The normalized spacial score (nSPS) is 26.7. The molecule has 0 radical (unpaired) electrons. The molecule has 1 amide bonds. The van der Waals surface area contributed by atoms with Crippen molar-refractivity contribution < 1.29 is 18.3 Å². The zero-order valence-electron chi connectivity index (χ0n) is 13.1. The van der Waals surface area contributed by atoms with Gasteiger partial charge in [-0.15, -0.1) is 0 Å². The standard InChI is InChI=1S/C17H17F2N3O2/c1-22-9-20-8-14(22)12-6-13(12)21-16(23)10-2-4-11(5-3-10)24-15-7-17(15,18)19/h2-5,8-9,12-13,15H,6-7H2,1H3,(H,21,23)/t12-,13-,15?/m1/s1. The van der Waals surface area contributed by atoms with Crippen LogP contribution in [0.2, 0.25) is 0 Å². The Morgan fingerprint density at radius 2 is 2.08 bits per heavy atom. The Hall–Kier alpha value is -2.44. The molecule has 4 rings (SSSR count). The zero-order valence-corrected chi connectivity index (χ0v) is 13.1. The maximum atomic E-state index is 12.8. The summed E-state index contributed by atoms with van der Waals surface area (Å²) in [4.78, 5) is 16.3. The van der Waals surface area contributed by atoms with E-state index >= 15 is 0 Å². The van der Waals surface area contributed by atoms with E-state index in [1.54, 1.807) is 30.6 Å². The second-order valence-corrected chi connectivity index (χ2v) is 6.45. The van der Waals surface area contributed by atoms with Gasteiger partial charge in [-0.1, -0.05) is 0 Å². The highest BCUT2D eigenvalue weighted by atomic mass is 19.3. The maximum Gasteiger partial charge on any atom is 0.288 e. The third-order valence-corrected chi connectivity index (χ3v) is 4.50. The van der Waals surface area contributed by atoms with Gasteiger partial charge in [-0.2, -0.15) is 0 Å². The molecule has 126 valence electrons. The number of imidazole rings is 1. The van der Waals surface area contributed by atoms with Gasteiger partial charge < -0.3 is 14.6 Å². The number of alkyl halides is 2. The average molecular weight is 333 g/mol. The van der Waals surface area contributed by atoms with E-state index in [4.69, 9.17) is 4.74 Å². The number of ether oxygens (including phenoxy) is 1. The number of amides is 1. The fourth-order valence-electron chi connectivity index (χ4n) is 2.82. The predicted molar refractivity (Wildman–Crippen MR) is 82.2 cm³/mol. The molecule has 0 spiro atoms. The molecule has 2 fully saturated rings. The number of nitrogens with one attached hydrogen (secondary N) is 1. The zero-order chi connectivity index (χ0) is 16.9. The Labute approximate surface area is 137 Å². The van der Waals surface area contributed by atoms with Gasteiger partial charge in [-0.3, -0.25) is 4.79 Å². The lowest BCUT2D eigenvalue weighted by molar-refractivity contribution is 0.0665. The van der Waals surface area contributed by atoms with Crippen LogP contribution >= 0.6 is 0 Å². The van der Waals surface area contributed by atoms with Gasteiger partial charge in [0.1, 0.15) is 5.75 Å². The number of carbonyl (C=O) groups is 1. The quantitative estimate of drug-likeness (QED) is 0.915.